The molecule has 11 heteroatoms. The zero-order valence-corrected chi connectivity index (χ0v) is 20.2. The number of anilines is 4. The van der Waals surface area contributed by atoms with Gasteiger partial charge < -0.3 is 26.4 Å². The van der Waals surface area contributed by atoms with Gasteiger partial charge in [-0.1, -0.05) is 24.3 Å². The normalized spacial score (nSPS) is 16.2. The number of rotatable bonds is 7. The first kappa shape index (κ1) is 26.2. The van der Waals surface area contributed by atoms with Crippen molar-refractivity contribution < 1.29 is 23.1 Å². The highest BCUT2D eigenvalue weighted by molar-refractivity contribution is 5.94. The molecule has 1 fully saturated rings. The maximum absolute atomic E-state index is 12.8. The molecular weight excluding hydrogens is 485 g/mol. The van der Waals surface area contributed by atoms with E-state index in [-0.39, 0.29) is 5.91 Å². The van der Waals surface area contributed by atoms with E-state index in [1.54, 1.807) is 36.4 Å². The second-order valence-electron chi connectivity index (χ2n) is 8.85. The second kappa shape index (κ2) is 11.1. The Hall–Kier alpha value is -3.83. The summed E-state index contributed by atoms with van der Waals surface area (Å²) in [5.74, 6) is 0.307. The van der Waals surface area contributed by atoms with Crippen molar-refractivity contribution in [3.8, 4) is 0 Å². The number of aromatic nitrogens is 1. The highest BCUT2D eigenvalue weighted by Gasteiger charge is 2.31. The fraction of sp³-hybridized carbons (Fsp3) is 0.308. The topological polar surface area (TPSA) is 107 Å². The number of nitrogens with zero attached hydrogens (tertiary/aromatic N) is 3. The number of alkyl halides is 3. The molecule has 8 nitrogen and oxygen atoms in total. The van der Waals surface area contributed by atoms with E-state index in [0.717, 1.165) is 12.3 Å². The van der Waals surface area contributed by atoms with Gasteiger partial charge in [0.05, 0.1) is 23.0 Å². The summed E-state index contributed by atoms with van der Waals surface area (Å²) in [5.41, 5.74) is 7.48. The third-order valence-electron chi connectivity index (χ3n) is 6.39. The summed E-state index contributed by atoms with van der Waals surface area (Å²) in [5, 5.41) is 16.3. The maximum Gasteiger partial charge on any atom is 0.417 e. The number of amides is 1. The number of para-hydroxylation sites is 2. The Morgan fingerprint density at radius 3 is 2.30 bits per heavy atom. The average Bonchev–Trinajstić information content (AvgIpc) is 2.89. The Morgan fingerprint density at radius 1 is 1.03 bits per heavy atom. The number of nitrogen functional groups attached to an aromatic ring is 1. The number of halogens is 3. The number of carbonyl (C=O) groups excluding carboxylic acids is 1. The highest BCUT2D eigenvalue weighted by Crippen LogP contribution is 2.29. The molecule has 0 aliphatic carbocycles. The van der Waals surface area contributed by atoms with Crippen molar-refractivity contribution in [3.05, 3.63) is 78.0 Å². The van der Waals surface area contributed by atoms with Crippen LogP contribution >= 0.6 is 0 Å². The van der Waals surface area contributed by atoms with E-state index in [1.165, 1.54) is 6.07 Å². The predicted molar refractivity (Wildman–Crippen MR) is 137 cm³/mol. The molecule has 37 heavy (non-hydrogen) atoms. The molecule has 2 unspecified atom stereocenters. The molecule has 196 valence electrons. The Kier molecular flexibility index (Phi) is 7.84. The van der Waals surface area contributed by atoms with Crippen molar-refractivity contribution in [3.63, 3.8) is 0 Å². The summed E-state index contributed by atoms with van der Waals surface area (Å²) in [4.78, 5) is 20.7. The summed E-state index contributed by atoms with van der Waals surface area (Å²) >= 11 is 0. The van der Waals surface area contributed by atoms with Gasteiger partial charge in [-0.05, 0) is 43.3 Å². The van der Waals surface area contributed by atoms with Gasteiger partial charge in [0, 0.05) is 43.6 Å². The van der Waals surface area contributed by atoms with Crippen LogP contribution in [0.3, 0.4) is 0 Å². The van der Waals surface area contributed by atoms with Gasteiger partial charge in [0.1, 0.15) is 5.82 Å². The molecule has 1 aromatic heterocycles. The minimum absolute atomic E-state index is 0.176. The van der Waals surface area contributed by atoms with Crippen LogP contribution in [0, 0.1) is 0 Å². The molecule has 1 saturated heterocycles. The standard InChI is InChI=1S/C26H29F3N6O2/c1-17(34-12-14-35(15-13-34)23-11-8-19(16-31-23)26(27,28)29)24(36)32-20-9-6-18(7-10-20)25(37)33-22-5-3-2-4-21(22)30/h2-11,16-17,25,33,37H,12-15,30H2,1H3,(H,32,36). The molecule has 0 saturated carbocycles. The van der Waals surface area contributed by atoms with Crippen LogP contribution in [0.2, 0.25) is 0 Å². The van der Waals surface area contributed by atoms with E-state index in [1.807, 2.05) is 28.9 Å². The van der Waals surface area contributed by atoms with Crippen LogP contribution in [0.4, 0.5) is 36.1 Å². The lowest BCUT2D eigenvalue weighted by molar-refractivity contribution is -0.137. The molecule has 2 heterocycles. The Labute approximate surface area is 212 Å². The number of nitrogens with one attached hydrogen (secondary N) is 2. The van der Waals surface area contributed by atoms with Crippen LogP contribution in [-0.4, -0.2) is 53.1 Å². The van der Waals surface area contributed by atoms with Crippen LogP contribution in [-0.2, 0) is 11.0 Å². The van der Waals surface area contributed by atoms with Crippen molar-refractivity contribution in [1.82, 2.24) is 9.88 Å². The van der Waals surface area contributed by atoms with Crippen molar-refractivity contribution >= 4 is 28.8 Å². The molecule has 4 rings (SSSR count). The number of benzene rings is 2. The largest absolute Gasteiger partial charge is 0.417 e. The van der Waals surface area contributed by atoms with Gasteiger partial charge in [-0.25, -0.2) is 4.98 Å². The molecule has 0 spiro atoms. The Morgan fingerprint density at radius 2 is 1.70 bits per heavy atom. The number of pyridine rings is 1. The van der Waals surface area contributed by atoms with Crippen LogP contribution in [0.25, 0.3) is 0 Å². The molecule has 2 atom stereocenters. The SMILES string of the molecule is CC(C(=O)Nc1ccc(C(O)Nc2ccccc2N)cc1)N1CCN(c2ccc(C(F)(F)F)cn2)CC1. The number of hydrogen-bond acceptors (Lipinski definition) is 7. The van der Waals surface area contributed by atoms with Gasteiger partial charge in [-0.2, -0.15) is 13.2 Å². The summed E-state index contributed by atoms with van der Waals surface area (Å²) in [7, 11) is 0. The fourth-order valence-corrected chi connectivity index (χ4v) is 4.10. The number of hydrogen-bond donors (Lipinski definition) is 4. The Balaban J connectivity index is 1.27. The first-order valence-electron chi connectivity index (χ1n) is 11.8. The zero-order valence-electron chi connectivity index (χ0n) is 20.2. The third kappa shape index (κ3) is 6.49. The van der Waals surface area contributed by atoms with Crippen LogP contribution < -0.4 is 21.3 Å². The van der Waals surface area contributed by atoms with Gasteiger partial charge in [0.2, 0.25) is 5.91 Å². The summed E-state index contributed by atoms with van der Waals surface area (Å²) in [6.45, 7) is 4.03. The summed E-state index contributed by atoms with van der Waals surface area (Å²) in [6.07, 6.45) is -4.54. The van der Waals surface area contributed by atoms with Gasteiger partial charge in [0.15, 0.2) is 6.23 Å². The van der Waals surface area contributed by atoms with Crippen molar-refractivity contribution in [2.75, 3.05) is 47.4 Å². The van der Waals surface area contributed by atoms with E-state index in [4.69, 9.17) is 5.73 Å². The summed E-state index contributed by atoms with van der Waals surface area (Å²) in [6, 6.07) is 16.0. The average molecular weight is 515 g/mol. The minimum atomic E-state index is -4.42. The van der Waals surface area contributed by atoms with Gasteiger partial charge in [0.25, 0.3) is 0 Å². The molecule has 0 radical (unpaired) electrons. The zero-order chi connectivity index (χ0) is 26.6. The van der Waals surface area contributed by atoms with E-state index < -0.39 is 24.0 Å². The van der Waals surface area contributed by atoms with Crippen LogP contribution in [0.5, 0.6) is 0 Å². The molecule has 1 amide bonds. The van der Waals surface area contributed by atoms with E-state index in [2.05, 4.69) is 15.6 Å². The quantitative estimate of drug-likeness (QED) is 0.280. The first-order chi connectivity index (χ1) is 17.6. The number of carbonyl (C=O) groups is 1. The molecule has 5 N–H and O–H groups in total. The molecular formula is C26H29F3N6O2. The van der Waals surface area contributed by atoms with Gasteiger partial charge in [-0.3, -0.25) is 9.69 Å². The lowest BCUT2D eigenvalue weighted by atomic mass is 10.1. The molecule has 3 aromatic rings. The van der Waals surface area contributed by atoms with E-state index in [9.17, 15) is 23.1 Å². The number of nitrogens with two attached hydrogens (primary N) is 1. The first-order valence-corrected chi connectivity index (χ1v) is 11.8. The maximum atomic E-state index is 12.8. The monoisotopic (exact) mass is 514 g/mol. The van der Waals surface area contributed by atoms with Crippen molar-refractivity contribution in [2.45, 2.75) is 25.4 Å². The lowest BCUT2D eigenvalue weighted by Crippen LogP contribution is -2.53. The number of piperazine rings is 1. The van der Waals surface area contributed by atoms with Crippen molar-refractivity contribution in [2.24, 2.45) is 0 Å². The van der Waals surface area contributed by atoms with Gasteiger partial charge >= 0.3 is 6.18 Å². The number of aliphatic hydroxyl groups is 1. The van der Waals surface area contributed by atoms with Crippen molar-refractivity contribution in [1.29, 1.82) is 0 Å². The van der Waals surface area contributed by atoms with Crippen LogP contribution in [0.1, 0.15) is 24.3 Å². The second-order valence-corrected chi connectivity index (χ2v) is 8.85. The third-order valence-corrected chi connectivity index (χ3v) is 6.39. The molecule has 1 aliphatic heterocycles. The van der Waals surface area contributed by atoms with Gasteiger partial charge in [-0.15, -0.1) is 0 Å². The van der Waals surface area contributed by atoms with E-state index in [0.29, 0.717) is 54.6 Å². The molecule has 1 aliphatic rings. The minimum Gasteiger partial charge on any atom is -0.397 e. The smallest absolute Gasteiger partial charge is 0.397 e. The van der Waals surface area contributed by atoms with E-state index >= 15 is 0 Å². The lowest BCUT2D eigenvalue weighted by Gasteiger charge is -2.38. The van der Waals surface area contributed by atoms with Crippen LogP contribution in [0.15, 0.2) is 66.9 Å². The molecule has 0 bridgehead atoms. The number of aliphatic hydroxyl groups excluding tert-OH is 1. The fourth-order valence-electron chi connectivity index (χ4n) is 4.10. The highest BCUT2D eigenvalue weighted by atomic mass is 19.4. The molecule has 2 aromatic carbocycles. The predicted octanol–water partition coefficient (Wildman–Crippen LogP) is 3.93. The summed E-state index contributed by atoms with van der Waals surface area (Å²) < 4.78 is 38.3. The Bertz CT molecular complexity index is 1200.